The zero-order chi connectivity index (χ0) is 12.1. The summed E-state index contributed by atoms with van der Waals surface area (Å²) in [6.45, 7) is 0.469. The highest BCUT2D eigenvalue weighted by Gasteiger charge is 2.01. The molecule has 2 rings (SSSR count). The largest absolute Gasteiger partial charge is 0.497 e. The van der Waals surface area contributed by atoms with Gasteiger partial charge in [0.05, 0.1) is 7.11 Å². The number of pyridine rings is 1. The SMILES string of the molecule is COc1cccc(Oc2cc(CN)ccn2)c1. The van der Waals surface area contributed by atoms with Crippen LogP contribution in [0.25, 0.3) is 0 Å². The predicted molar refractivity (Wildman–Crippen MR) is 65.2 cm³/mol. The average molecular weight is 230 g/mol. The summed E-state index contributed by atoms with van der Waals surface area (Å²) in [5.74, 6) is 1.96. The van der Waals surface area contributed by atoms with Crippen molar-refractivity contribution in [1.82, 2.24) is 4.98 Å². The van der Waals surface area contributed by atoms with E-state index in [1.807, 2.05) is 30.3 Å². The van der Waals surface area contributed by atoms with Crippen molar-refractivity contribution < 1.29 is 9.47 Å². The van der Waals surface area contributed by atoms with E-state index in [1.54, 1.807) is 19.4 Å². The van der Waals surface area contributed by atoms with Gasteiger partial charge in [0.2, 0.25) is 5.88 Å². The maximum absolute atomic E-state index is 5.62. The van der Waals surface area contributed by atoms with Crippen LogP contribution in [0.1, 0.15) is 5.56 Å². The van der Waals surface area contributed by atoms with E-state index in [0.717, 1.165) is 11.3 Å². The molecule has 1 aromatic heterocycles. The van der Waals surface area contributed by atoms with Crippen LogP contribution in [0.5, 0.6) is 17.4 Å². The van der Waals surface area contributed by atoms with Crippen LogP contribution in [0.2, 0.25) is 0 Å². The first-order valence-corrected chi connectivity index (χ1v) is 5.28. The Bertz CT molecular complexity index is 455. The van der Waals surface area contributed by atoms with E-state index in [9.17, 15) is 0 Å². The minimum atomic E-state index is 0.469. The van der Waals surface area contributed by atoms with E-state index in [4.69, 9.17) is 15.2 Å². The van der Waals surface area contributed by atoms with Crippen molar-refractivity contribution in [2.24, 2.45) is 5.73 Å². The summed E-state index contributed by atoms with van der Waals surface area (Å²) in [5, 5.41) is 0. The first-order chi connectivity index (χ1) is 8.31. The molecule has 17 heavy (non-hydrogen) atoms. The summed E-state index contributed by atoms with van der Waals surface area (Å²) in [4.78, 5) is 4.12. The van der Waals surface area contributed by atoms with Crippen molar-refractivity contribution in [3.05, 3.63) is 48.2 Å². The lowest BCUT2D eigenvalue weighted by molar-refractivity contribution is 0.407. The molecule has 0 aliphatic rings. The number of ether oxygens (including phenoxy) is 2. The molecule has 1 heterocycles. The van der Waals surface area contributed by atoms with Gasteiger partial charge in [-0.2, -0.15) is 0 Å². The number of nitrogens with zero attached hydrogens (tertiary/aromatic N) is 1. The van der Waals surface area contributed by atoms with Crippen LogP contribution in [-0.4, -0.2) is 12.1 Å². The van der Waals surface area contributed by atoms with Crippen LogP contribution in [-0.2, 0) is 6.54 Å². The first kappa shape index (κ1) is 11.4. The van der Waals surface area contributed by atoms with Gasteiger partial charge in [0.1, 0.15) is 11.5 Å². The molecule has 0 saturated carbocycles. The summed E-state index contributed by atoms with van der Waals surface area (Å²) in [6, 6.07) is 11.0. The average Bonchev–Trinajstić information content (AvgIpc) is 2.39. The van der Waals surface area contributed by atoms with Crippen LogP contribution in [0, 0.1) is 0 Å². The molecule has 0 aliphatic heterocycles. The zero-order valence-corrected chi connectivity index (χ0v) is 9.59. The quantitative estimate of drug-likeness (QED) is 0.875. The number of rotatable bonds is 4. The lowest BCUT2D eigenvalue weighted by Crippen LogP contribution is -1.97. The third kappa shape index (κ3) is 2.95. The number of methoxy groups -OCH3 is 1. The number of benzene rings is 1. The molecule has 0 unspecified atom stereocenters. The van der Waals surface area contributed by atoms with Gasteiger partial charge in [-0.1, -0.05) is 6.07 Å². The molecule has 0 amide bonds. The van der Waals surface area contributed by atoms with E-state index in [1.165, 1.54) is 0 Å². The Balaban J connectivity index is 2.18. The van der Waals surface area contributed by atoms with E-state index >= 15 is 0 Å². The molecule has 1 aromatic carbocycles. The topological polar surface area (TPSA) is 57.4 Å². The molecule has 4 heteroatoms. The van der Waals surface area contributed by atoms with Crippen molar-refractivity contribution in [3.63, 3.8) is 0 Å². The van der Waals surface area contributed by atoms with Crippen molar-refractivity contribution in [2.75, 3.05) is 7.11 Å². The summed E-state index contributed by atoms with van der Waals surface area (Å²) in [5.41, 5.74) is 6.54. The molecular formula is C13H14N2O2. The van der Waals surface area contributed by atoms with Crippen LogP contribution >= 0.6 is 0 Å². The molecule has 0 fully saturated rings. The fraction of sp³-hybridized carbons (Fsp3) is 0.154. The number of hydrogen-bond acceptors (Lipinski definition) is 4. The van der Waals surface area contributed by atoms with E-state index in [0.29, 0.717) is 18.2 Å². The lowest BCUT2D eigenvalue weighted by atomic mass is 10.3. The zero-order valence-electron chi connectivity index (χ0n) is 9.59. The van der Waals surface area contributed by atoms with Crippen LogP contribution in [0.4, 0.5) is 0 Å². The van der Waals surface area contributed by atoms with Gasteiger partial charge in [-0.25, -0.2) is 4.98 Å². The second-order valence-corrected chi connectivity index (χ2v) is 3.49. The van der Waals surface area contributed by atoms with Gasteiger partial charge in [-0.3, -0.25) is 0 Å². The summed E-state index contributed by atoms with van der Waals surface area (Å²) >= 11 is 0. The van der Waals surface area contributed by atoms with Crippen molar-refractivity contribution in [1.29, 1.82) is 0 Å². The number of nitrogens with two attached hydrogens (primary N) is 1. The highest BCUT2D eigenvalue weighted by Crippen LogP contribution is 2.23. The Hall–Kier alpha value is -2.07. The van der Waals surface area contributed by atoms with Crippen LogP contribution in [0.3, 0.4) is 0 Å². The van der Waals surface area contributed by atoms with Gasteiger partial charge >= 0.3 is 0 Å². The molecule has 0 spiro atoms. The molecule has 0 aliphatic carbocycles. The van der Waals surface area contributed by atoms with Gasteiger partial charge in [0.15, 0.2) is 0 Å². The Morgan fingerprint density at radius 1 is 1.18 bits per heavy atom. The van der Waals surface area contributed by atoms with E-state index in [2.05, 4.69) is 4.98 Å². The minimum absolute atomic E-state index is 0.469. The predicted octanol–water partition coefficient (Wildman–Crippen LogP) is 2.34. The van der Waals surface area contributed by atoms with Gasteiger partial charge in [-0.05, 0) is 23.8 Å². The Kier molecular flexibility index (Phi) is 3.57. The molecular weight excluding hydrogens is 216 g/mol. The first-order valence-electron chi connectivity index (χ1n) is 5.28. The minimum Gasteiger partial charge on any atom is -0.497 e. The van der Waals surface area contributed by atoms with Gasteiger partial charge in [-0.15, -0.1) is 0 Å². The van der Waals surface area contributed by atoms with Gasteiger partial charge < -0.3 is 15.2 Å². The number of aromatic nitrogens is 1. The van der Waals surface area contributed by atoms with Gasteiger partial charge in [0, 0.05) is 24.9 Å². The number of hydrogen-bond donors (Lipinski definition) is 1. The second kappa shape index (κ2) is 5.32. The fourth-order valence-electron chi connectivity index (χ4n) is 1.42. The van der Waals surface area contributed by atoms with Crippen LogP contribution < -0.4 is 15.2 Å². The second-order valence-electron chi connectivity index (χ2n) is 3.49. The molecule has 0 atom stereocenters. The van der Waals surface area contributed by atoms with Crippen molar-refractivity contribution in [2.45, 2.75) is 6.54 Å². The molecule has 4 nitrogen and oxygen atoms in total. The maximum Gasteiger partial charge on any atom is 0.219 e. The summed E-state index contributed by atoms with van der Waals surface area (Å²) in [7, 11) is 1.62. The molecule has 0 bridgehead atoms. The van der Waals surface area contributed by atoms with E-state index < -0.39 is 0 Å². The normalized spacial score (nSPS) is 10.0. The summed E-state index contributed by atoms with van der Waals surface area (Å²) < 4.78 is 10.7. The lowest BCUT2D eigenvalue weighted by Gasteiger charge is -2.07. The van der Waals surface area contributed by atoms with Crippen molar-refractivity contribution >= 4 is 0 Å². The van der Waals surface area contributed by atoms with E-state index in [-0.39, 0.29) is 0 Å². The highest BCUT2D eigenvalue weighted by atomic mass is 16.5. The molecule has 0 radical (unpaired) electrons. The Labute approximate surface area is 100 Å². The third-order valence-corrected chi connectivity index (χ3v) is 2.30. The highest BCUT2D eigenvalue weighted by molar-refractivity contribution is 5.35. The van der Waals surface area contributed by atoms with Gasteiger partial charge in [0.25, 0.3) is 0 Å². The maximum atomic E-state index is 5.62. The molecule has 88 valence electrons. The Morgan fingerprint density at radius 2 is 2.00 bits per heavy atom. The molecule has 2 aromatic rings. The fourth-order valence-corrected chi connectivity index (χ4v) is 1.42. The van der Waals surface area contributed by atoms with Crippen LogP contribution in [0.15, 0.2) is 42.6 Å². The summed E-state index contributed by atoms with van der Waals surface area (Å²) in [6.07, 6.45) is 1.68. The molecule has 2 N–H and O–H groups in total. The standard InChI is InChI=1S/C13H14N2O2/c1-16-11-3-2-4-12(8-11)17-13-7-10(9-14)5-6-15-13/h2-8H,9,14H2,1H3. The third-order valence-electron chi connectivity index (χ3n) is 2.30. The smallest absolute Gasteiger partial charge is 0.219 e. The Morgan fingerprint density at radius 3 is 2.76 bits per heavy atom. The van der Waals surface area contributed by atoms with Crippen molar-refractivity contribution in [3.8, 4) is 17.4 Å². The monoisotopic (exact) mass is 230 g/mol. The molecule has 0 saturated heterocycles.